The van der Waals surface area contributed by atoms with Crippen molar-refractivity contribution in [2.45, 2.75) is 13.0 Å². The van der Waals surface area contributed by atoms with Crippen LogP contribution in [-0.2, 0) is 13.0 Å². The number of carbonyl (C=O) groups excluding carboxylic acids is 1. The summed E-state index contributed by atoms with van der Waals surface area (Å²) in [7, 11) is 0. The van der Waals surface area contributed by atoms with Crippen molar-refractivity contribution in [1.82, 2.24) is 19.7 Å². The lowest BCUT2D eigenvalue weighted by atomic mass is 10.1. The molecule has 0 saturated carbocycles. The first kappa shape index (κ1) is 16.9. The fraction of sp³-hybridized carbons (Fsp3) is 0.136. The molecule has 4 aromatic rings. The molecular formula is C22H18N4OS. The molecule has 0 unspecified atom stereocenters. The number of thiophene rings is 1. The molecule has 0 atom stereocenters. The highest BCUT2D eigenvalue weighted by atomic mass is 32.1. The van der Waals surface area contributed by atoms with Crippen molar-refractivity contribution in [3.05, 3.63) is 88.5 Å². The molecule has 0 bridgehead atoms. The van der Waals surface area contributed by atoms with Crippen molar-refractivity contribution < 1.29 is 4.79 Å². The highest BCUT2D eigenvalue weighted by molar-refractivity contribution is 7.10. The van der Waals surface area contributed by atoms with Gasteiger partial charge in [-0.25, -0.2) is 4.68 Å². The van der Waals surface area contributed by atoms with Crippen LogP contribution in [0.2, 0.25) is 0 Å². The number of benzene rings is 1. The van der Waals surface area contributed by atoms with Gasteiger partial charge < -0.3 is 4.90 Å². The lowest BCUT2D eigenvalue weighted by molar-refractivity contribution is 0.0736. The number of pyridine rings is 1. The first-order valence-corrected chi connectivity index (χ1v) is 10.1. The Balaban J connectivity index is 1.56. The van der Waals surface area contributed by atoms with Crippen molar-refractivity contribution in [2.75, 3.05) is 6.54 Å². The van der Waals surface area contributed by atoms with Crippen LogP contribution in [0.25, 0.3) is 16.9 Å². The van der Waals surface area contributed by atoms with Crippen LogP contribution in [0.5, 0.6) is 0 Å². The number of rotatable bonds is 3. The van der Waals surface area contributed by atoms with Crippen LogP contribution in [0.15, 0.2) is 72.5 Å². The van der Waals surface area contributed by atoms with E-state index in [9.17, 15) is 4.79 Å². The lowest BCUT2D eigenvalue weighted by Gasteiger charge is -2.26. The topological polar surface area (TPSA) is 51.0 Å². The molecule has 28 heavy (non-hydrogen) atoms. The minimum absolute atomic E-state index is 0.0119. The molecule has 1 aliphatic rings. The summed E-state index contributed by atoms with van der Waals surface area (Å²) in [6, 6.07) is 15.8. The minimum Gasteiger partial charge on any atom is -0.334 e. The van der Waals surface area contributed by atoms with Gasteiger partial charge in [0.05, 0.1) is 11.3 Å². The van der Waals surface area contributed by atoms with Gasteiger partial charge in [-0.05, 0) is 47.7 Å². The molecule has 0 saturated heterocycles. The number of fused-ring (bicyclic) bond motifs is 1. The third-order valence-electron chi connectivity index (χ3n) is 5.00. The van der Waals surface area contributed by atoms with Gasteiger partial charge in [0.25, 0.3) is 5.91 Å². The van der Waals surface area contributed by atoms with Gasteiger partial charge in [0.2, 0.25) is 0 Å². The molecule has 0 N–H and O–H groups in total. The van der Waals surface area contributed by atoms with Gasteiger partial charge in [-0.2, -0.15) is 5.10 Å². The Morgan fingerprint density at radius 2 is 1.96 bits per heavy atom. The van der Waals surface area contributed by atoms with Crippen molar-refractivity contribution >= 4 is 17.2 Å². The zero-order valence-corrected chi connectivity index (χ0v) is 16.0. The summed E-state index contributed by atoms with van der Waals surface area (Å²) in [6.45, 7) is 1.38. The fourth-order valence-corrected chi connectivity index (χ4v) is 4.44. The first-order valence-electron chi connectivity index (χ1n) is 9.19. The summed E-state index contributed by atoms with van der Waals surface area (Å²) < 4.78 is 1.77. The number of hydrogen-bond acceptors (Lipinski definition) is 4. The van der Waals surface area contributed by atoms with Crippen LogP contribution < -0.4 is 0 Å². The van der Waals surface area contributed by atoms with E-state index < -0.39 is 0 Å². The molecule has 0 aliphatic carbocycles. The largest absolute Gasteiger partial charge is 0.334 e. The van der Waals surface area contributed by atoms with E-state index in [4.69, 9.17) is 5.10 Å². The van der Waals surface area contributed by atoms with Crippen molar-refractivity contribution in [1.29, 1.82) is 0 Å². The Morgan fingerprint density at radius 3 is 2.79 bits per heavy atom. The molecule has 0 spiro atoms. The second-order valence-corrected chi connectivity index (χ2v) is 7.76. The number of hydrogen-bond donors (Lipinski definition) is 0. The smallest absolute Gasteiger partial charge is 0.258 e. The number of amides is 1. The summed E-state index contributed by atoms with van der Waals surface area (Å²) in [4.78, 5) is 20.9. The van der Waals surface area contributed by atoms with Gasteiger partial charge in [0, 0.05) is 42.1 Å². The number of nitrogens with zero attached hydrogens (tertiary/aromatic N) is 4. The average Bonchev–Trinajstić information content (AvgIpc) is 3.41. The van der Waals surface area contributed by atoms with E-state index in [0.29, 0.717) is 17.8 Å². The second kappa shape index (κ2) is 7.05. The maximum Gasteiger partial charge on any atom is 0.258 e. The summed E-state index contributed by atoms with van der Waals surface area (Å²) in [5.74, 6) is 0.0119. The summed E-state index contributed by atoms with van der Waals surface area (Å²) in [5.41, 5.74) is 4.29. The Kier molecular flexibility index (Phi) is 4.25. The highest BCUT2D eigenvalue weighted by Crippen LogP contribution is 2.28. The average molecular weight is 386 g/mol. The van der Waals surface area contributed by atoms with E-state index in [1.165, 1.54) is 10.4 Å². The van der Waals surface area contributed by atoms with E-state index >= 15 is 0 Å². The molecule has 0 radical (unpaired) electrons. The van der Waals surface area contributed by atoms with Crippen molar-refractivity contribution in [3.8, 4) is 16.9 Å². The molecule has 1 amide bonds. The number of aromatic nitrogens is 3. The lowest BCUT2D eigenvalue weighted by Crippen LogP contribution is -2.35. The number of carbonyl (C=O) groups is 1. The molecule has 4 heterocycles. The Morgan fingerprint density at radius 1 is 1.07 bits per heavy atom. The SMILES string of the molecule is O=C(c1cn(-c2ccccc2)nc1-c1cccnc1)N1CCc2sccc2C1. The van der Waals surface area contributed by atoms with E-state index in [0.717, 1.165) is 24.2 Å². The zero-order valence-electron chi connectivity index (χ0n) is 15.2. The molecule has 3 aromatic heterocycles. The van der Waals surface area contributed by atoms with Crippen LogP contribution in [-0.4, -0.2) is 32.1 Å². The van der Waals surface area contributed by atoms with Crippen LogP contribution in [0.4, 0.5) is 0 Å². The molecular weight excluding hydrogens is 368 g/mol. The molecule has 1 aromatic carbocycles. The first-order chi connectivity index (χ1) is 13.8. The molecule has 5 nitrogen and oxygen atoms in total. The Bertz CT molecular complexity index is 1120. The van der Waals surface area contributed by atoms with Crippen LogP contribution in [0, 0.1) is 0 Å². The van der Waals surface area contributed by atoms with E-state index in [-0.39, 0.29) is 5.91 Å². The van der Waals surface area contributed by atoms with E-state index in [1.807, 2.05) is 53.6 Å². The summed E-state index contributed by atoms with van der Waals surface area (Å²) in [6.07, 6.45) is 6.22. The van der Waals surface area contributed by atoms with Gasteiger partial charge >= 0.3 is 0 Å². The quantitative estimate of drug-likeness (QED) is 0.530. The van der Waals surface area contributed by atoms with Crippen LogP contribution in [0.1, 0.15) is 20.8 Å². The zero-order chi connectivity index (χ0) is 18.9. The molecule has 1 aliphatic heterocycles. The normalized spacial score (nSPS) is 13.4. The maximum absolute atomic E-state index is 13.4. The third kappa shape index (κ3) is 3.01. The predicted molar refractivity (Wildman–Crippen MR) is 110 cm³/mol. The van der Waals surface area contributed by atoms with E-state index in [1.54, 1.807) is 28.4 Å². The molecule has 0 fully saturated rings. The summed E-state index contributed by atoms with van der Waals surface area (Å²) >= 11 is 1.77. The van der Waals surface area contributed by atoms with Gasteiger partial charge in [-0.1, -0.05) is 18.2 Å². The fourth-order valence-electron chi connectivity index (χ4n) is 3.55. The Labute approximate surface area is 166 Å². The van der Waals surface area contributed by atoms with Gasteiger partial charge in [-0.3, -0.25) is 9.78 Å². The third-order valence-corrected chi connectivity index (χ3v) is 6.02. The predicted octanol–water partition coefficient (Wildman–Crippen LogP) is 4.19. The standard InChI is InChI=1S/C22H18N4OS/c27-22(25-11-8-20-17(14-25)9-12-28-20)19-15-26(18-6-2-1-3-7-18)24-21(19)16-5-4-10-23-13-16/h1-7,9-10,12-13,15H,8,11,14H2. The monoisotopic (exact) mass is 386 g/mol. The summed E-state index contributed by atoms with van der Waals surface area (Å²) in [5, 5.41) is 6.84. The van der Waals surface area contributed by atoms with Crippen molar-refractivity contribution in [2.24, 2.45) is 0 Å². The molecule has 5 rings (SSSR count). The molecule has 138 valence electrons. The van der Waals surface area contributed by atoms with Crippen LogP contribution >= 0.6 is 11.3 Å². The van der Waals surface area contributed by atoms with E-state index in [2.05, 4.69) is 16.4 Å². The maximum atomic E-state index is 13.4. The minimum atomic E-state index is 0.0119. The highest BCUT2D eigenvalue weighted by Gasteiger charge is 2.27. The van der Waals surface area contributed by atoms with Crippen molar-refractivity contribution in [3.63, 3.8) is 0 Å². The number of para-hydroxylation sites is 1. The van der Waals surface area contributed by atoms with Gasteiger partial charge in [0.1, 0.15) is 5.69 Å². The Hall–Kier alpha value is -3.25. The van der Waals surface area contributed by atoms with Gasteiger partial charge in [0.15, 0.2) is 0 Å². The van der Waals surface area contributed by atoms with Crippen LogP contribution in [0.3, 0.4) is 0 Å². The molecule has 6 heteroatoms. The second-order valence-electron chi connectivity index (χ2n) is 6.76. The van der Waals surface area contributed by atoms with Gasteiger partial charge in [-0.15, -0.1) is 11.3 Å².